The van der Waals surface area contributed by atoms with Crippen molar-refractivity contribution in [3.05, 3.63) is 24.2 Å². The van der Waals surface area contributed by atoms with E-state index in [1.165, 1.54) is 18.5 Å². The number of carbonyl (C=O) groups excluding carboxylic acids is 1. The lowest BCUT2D eigenvalue weighted by molar-refractivity contribution is 0.105. The van der Waals surface area contributed by atoms with Crippen LogP contribution in [0.2, 0.25) is 0 Å². The molecule has 3 heterocycles. The first-order valence-corrected chi connectivity index (χ1v) is 8.27. The molecule has 2 fully saturated rings. The van der Waals surface area contributed by atoms with Gasteiger partial charge in [0.15, 0.2) is 5.82 Å². The highest BCUT2D eigenvalue weighted by atomic mass is 16.6. The Morgan fingerprint density at radius 2 is 2.09 bits per heavy atom. The Bertz CT molecular complexity index is 716. The predicted octanol–water partition coefficient (Wildman–Crippen LogP) is 1.89. The van der Waals surface area contributed by atoms with E-state index in [4.69, 9.17) is 4.74 Å². The third-order valence-electron chi connectivity index (χ3n) is 4.49. The number of fused-ring (bicyclic) bond motifs is 1. The second kappa shape index (κ2) is 5.72. The molecule has 0 unspecified atom stereocenters. The number of piperazine rings is 1. The van der Waals surface area contributed by atoms with Crippen molar-refractivity contribution >= 4 is 17.4 Å². The first kappa shape index (κ1) is 14.3. The van der Waals surface area contributed by atoms with Gasteiger partial charge in [-0.2, -0.15) is 5.10 Å². The van der Waals surface area contributed by atoms with Gasteiger partial charge < -0.3 is 14.5 Å². The average Bonchev–Trinajstić information content (AvgIpc) is 3.33. The molecule has 0 radical (unpaired) electrons. The largest absolute Gasteiger partial charge is 0.450 e. The first-order chi connectivity index (χ1) is 11.3. The summed E-state index contributed by atoms with van der Waals surface area (Å²) in [5.41, 5.74) is 2.23. The molecule has 2 aromatic rings. The average molecular weight is 315 g/mol. The van der Waals surface area contributed by atoms with Gasteiger partial charge in [-0.1, -0.05) is 0 Å². The predicted molar refractivity (Wildman–Crippen MR) is 85.8 cm³/mol. The van der Waals surface area contributed by atoms with Gasteiger partial charge in [0.2, 0.25) is 0 Å². The highest BCUT2D eigenvalue weighted by Crippen LogP contribution is 2.40. The summed E-state index contributed by atoms with van der Waals surface area (Å²) in [5, 5.41) is 4.66. The number of aromatic nitrogens is 3. The van der Waals surface area contributed by atoms with E-state index in [0.717, 1.165) is 24.4 Å². The molecule has 2 aliphatic rings. The molecule has 0 N–H and O–H groups in total. The summed E-state index contributed by atoms with van der Waals surface area (Å²) in [6.45, 7) is 5.08. The first-order valence-electron chi connectivity index (χ1n) is 8.27. The minimum absolute atomic E-state index is 0.223. The fourth-order valence-electron chi connectivity index (χ4n) is 3.07. The van der Waals surface area contributed by atoms with Gasteiger partial charge in [0, 0.05) is 44.5 Å². The maximum absolute atomic E-state index is 11.8. The zero-order valence-corrected chi connectivity index (χ0v) is 13.3. The summed E-state index contributed by atoms with van der Waals surface area (Å²) in [7, 11) is 0. The van der Waals surface area contributed by atoms with Gasteiger partial charge >= 0.3 is 6.09 Å². The Hall–Kier alpha value is -2.31. The van der Waals surface area contributed by atoms with Crippen LogP contribution in [0.3, 0.4) is 0 Å². The molecular weight excluding hydrogens is 294 g/mol. The molecule has 0 spiro atoms. The van der Waals surface area contributed by atoms with Crippen LogP contribution in [0.4, 0.5) is 10.6 Å². The monoisotopic (exact) mass is 315 g/mol. The van der Waals surface area contributed by atoms with Crippen molar-refractivity contribution in [2.24, 2.45) is 0 Å². The van der Waals surface area contributed by atoms with Crippen molar-refractivity contribution in [2.75, 3.05) is 37.7 Å². The van der Waals surface area contributed by atoms with Crippen LogP contribution in [0.1, 0.15) is 31.4 Å². The number of anilines is 1. The maximum Gasteiger partial charge on any atom is 0.409 e. The van der Waals surface area contributed by atoms with E-state index in [9.17, 15) is 4.79 Å². The third kappa shape index (κ3) is 2.71. The van der Waals surface area contributed by atoms with Crippen molar-refractivity contribution in [2.45, 2.75) is 25.7 Å². The molecule has 23 heavy (non-hydrogen) atoms. The van der Waals surface area contributed by atoms with Crippen LogP contribution in [-0.4, -0.2) is 58.4 Å². The Morgan fingerprint density at radius 3 is 2.78 bits per heavy atom. The van der Waals surface area contributed by atoms with E-state index in [1.54, 1.807) is 11.1 Å². The Kier molecular flexibility index (Phi) is 3.55. The summed E-state index contributed by atoms with van der Waals surface area (Å²) < 4.78 is 6.99. The topological polar surface area (TPSA) is 63.0 Å². The molecule has 0 aromatic carbocycles. The van der Waals surface area contributed by atoms with Gasteiger partial charge in [0.05, 0.1) is 12.3 Å². The molecule has 7 nitrogen and oxygen atoms in total. The van der Waals surface area contributed by atoms with Gasteiger partial charge in [0.25, 0.3) is 0 Å². The molecule has 2 aromatic heterocycles. The lowest BCUT2D eigenvalue weighted by Crippen LogP contribution is -2.49. The number of carbonyl (C=O) groups is 1. The van der Waals surface area contributed by atoms with Crippen LogP contribution in [0.25, 0.3) is 5.52 Å². The third-order valence-corrected chi connectivity index (χ3v) is 4.49. The summed E-state index contributed by atoms with van der Waals surface area (Å²) in [6.07, 6.45) is 5.96. The van der Waals surface area contributed by atoms with E-state index in [2.05, 4.69) is 21.0 Å². The zero-order chi connectivity index (χ0) is 15.8. The molecule has 122 valence electrons. The fourth-order valence-corrected chi connectivity index (χ4v) is 3.07. The van der Waals surface area contributed by atoms with Gasteiger partial charge in [0.1, 0.15) is 5.52 Å². The van der Waals surface area contributed by atoms with E-state index >= 15 is 0 Å². The molecule has 7 heteroatoms. The summed E-state index contributed by atoms with van der Waals surface area (Å²) >= 11 is 0. The molecular formula is C16H21N5O2. The number of ether oxygens (including phenoxy) is 1. The van der Waals surface area contributed by atoms with E-state index < -0.39 is 0 Å². The smallest absolute Gasteiger partial charge is 0.409 e. The Balaban J connectivity index is 1.52. The van der Waals surface area contributed by atoms with Crippen molar-refractivity contribution in [3.63, 3.8) is 0 Å². The number of nitrogens with zero attached hydrogens (tertiary/aromatic N) is 5. The second-order valence-corrected chi connectivity index (χ2v) is 6.10. The molecule has 0 atom stereocenters. The SMILES string of the molecule is CCOC(=O)N1CCN(c2nccn3nc(C4CC4)cc23)CC1. The van der Waals surface area contributed by atoms with Gasteiger partial charge in [-0.05, 0) is 25.8 Å². The van der Waals surface area contributed by atoms with Crippen LogP contribution in [0, 0.1) is 0 Å². The lowest BCUT2D eigenvalue weighted by Gasteiger charge is -2.34. The summed E-state index contributed by atoms with van der Waals surface area (Å²) in [5.74, 6) is 1.58. The molecule has 1 aliphatic heterocycles. The van der Waals surface area contributed by atoms with E-state index in [0.29, 0.717) is 25.6 Å². The molecule has 1 aliphatic carbocycles. The van der Waals surface area contributed by atoms with Crippen molar-refractivity contribution < 1.29 is 9.53 Å². The molecule has 1 amide bonds. The lowest BCUT2D eigenvalue weighted by atomic mass is 10.2. The standard InChI is InChI=1S/C16H21N5O2/c1-2-23-16(22)20-9-7-19(8-10-20)15-14-11-13(12-3-4-12)18-21(14)6-5-17-15/h5-6,11-12H,2-4,7-10H2,1H3. The quantitative estimate of drug-likeness (QED) is 0.865. The van der Waals surface area contributed by atoms with Crippen molar-refractivity contribution in [1.29, 1.82) is 0 Å². The second-order valence-electron chi connectivity index (χ2n) is 6.10. The minimum atomic E-state index is -0.223. The normalized spacial score (nSPS) is 18.5. The molecule has 0 bridgehead atoms. The Labute approximate surface area is 134 Å². The van der Waals surface area contributed by atoms with Crippen LogP contribution < -0.4 is 4.90 Å². The molecule has 4 rings (SSSR count). The highest BCUT2D eigenvalue weighted by molar-refractivity contribution is 5.71. The number of amides is 1. The zero-order valence-electron chi connectivity index (χ0n) is 13.3. The van der Waals surface area contributed by atoms with E-state index in [1.807, 2.05) is 17.6 Å². The highest BCUT2D eigenvalue weighted by Gasteiger charge is 2.28. The van der Waals surface area contributed by atoms with Gasteiger partial charge in [-0.25, -0.2) is 14.3 Å². The Morgan fingerprint density at radius 1 is 1.30 bits per heavy atom. The van der Waals surface area contributed by atoms with Gasteiger partial charge in [-0.3, -0.25) is 0 Å². The van der Waals surface area contributed by atoms with Crippen molar-refractivity contribution in [3.8, 4) is 0 Å². The summed E-state index contributed by atoms with van der Waals surface area (Å²) in [4.78, 5) is 20.3. The minimum Gasteiger partial charge on any atom is -0.450 e. The number of hydrogen-bond acceptors (Lipinski definition) is 5. The summed E-state index contributed by atoms with van der Waals surface area (Å²) in [6, 6.07) is 2.16. The fraction of sp³-hybridized carbons (Fsp3) is 0.562. The van der Waals surface area contributed by atoms with Crippen LogP contribution >= 0.6 is 0 Å². The maximum atomic E-state index is 11.8. The molecule has 1 saturated carbocycles. The number of rotatable bonds is 3. The number of hydrogen-bond donors (Lipinski definition) is 0. The van der Waals surface area contributed by atoms with Crippen molar-refractivity contribution in [1.82, 2.24) is 19.5 Å². The van der Waals surface area contributed by atoms with Crippen LogP contribution in [0.5, 0.6) is 0 Å². The van der Waals surface area contributed by atoms with Crippen LogP contribution in [0.15, 0.2) is 18.5 Å². The van der Waals surface area contributed by atoms with E-state index in [-0.39, 0.29) is 6.09 Å². The molecule has 1 saturated heterocycles. The van der Waals surface area contributed by atoms with Gasteiger partial charge in [-0.15, -0.1) is 0 Å². The van der Waals surface area contributed by atoms with Crippen LogP contribution in [-0.2, 0) is 4.74 Å².